The third-order valence-corrected chi connectivity index (χ3v) is 3.79. The van der Waals surface area contributed by atoms with Crippen LogP contribution in [0.2, 0.25) is 5.02 Å². The Balaban J connectivity index is 2.17. The summed E-state index contributed by atoms with van der Waals surface area (Å²) in [6, 6.07) is 8.84. The van der Waals surface area contributed by atoms with Crippen LogP contribution in [0.15, 0.2) is 46.5 Å². The van der Waals surface area contributed by atoms with E-state index in [0.29, 0.717) is 22.8 Å². The van der Waals surface area contributed by atoms with E-state index in [0.717, 1.165) is 9.92 Å². The first-order chi connectivity index (χ1) is 9.60. The van der Waals surface area contributed by atoms with Crippen molar-refractivity contribution >= 4 is 35.0 Å². The molecule has 0 radical (unpaired) electrons. The SMILES string of the molecule is CCNC(=O)c1ccc(Sc2ccc(Cl)cn2)c(N)c1. The lowest BCUT2D eigenvalue weighted by atomic mass is 10.2. The summed E-state index contributed by atoms with van der Waals surface area (Å²) < 4.78 is 0. The molecule has 4 nitrogen and oxygen atoms in total. The maximum absolute atomic E-state index is 11.7. The van der Waals surface area contributed by atoms with Gasteiger partial charge in [0.05, 0.1) is 5.02 Å². The highest BCUT2D eigenvalue weighted by Crippen LogP contribution is 2.31. The molecule has 0 bridgehead atoms. The molecule has 1 aromatic heterocycles. The molecule has 20 heavy (non-hydrogen) atoms. The van der Waals surface area contributed by atoms with E-state index in [1.807, 2.05) is 19.1 Å². The van der Waals surface area contributed by atoms with E-state index < -0.39 is 0 Å². The van der Waals surface area contributed by atoms with Crippen LogP contribution < -0.4 is 11.1 Å². The number of nitrogens with one attached hydrogen (secondary N) is 1. The molecule has 1 heterocycles. The Morgan fingerprint density at radius 1 is 1.40 bits per heavy atom. The first-order valence-corrected chi connectivity index (χ1v) is 7.26. The molecule has 2 rings (SSSR count). The third-order valence-electron chi connectivity index (χ3n) is 2.52. The van der Waals surface area contributed by atoms with Crippen LogP contribution in [0, 0.1) is 0 Å². The summed E-state index contributed by atoms with van der Waals surface area (Å²) >= 11 is 7.22. The van der Waals surface area contributed by atoms with Gasteiger partial charge in [-0.1, -0.05) is 23.4 Å². The molecule has 0 aliphatic heterocycles. The smallest absolute Gasteiger partial charge is 0.251 e. The van der Waals surface area contributed by atoms with E-state index in [2.05, 4.69) is 10.3 Å². The van der Waals surface area contributed by atoms with Gasteiger partial charge >= 0.3 is 0 Å². The van der Waals surface area contributed by atoms with Gasteiger partial charge in [0.1, 0.15) is 5.03 Å². The van der Waals surface area contributed by atoms with Crippen LogP contribution in [-0.2, 0) is 0 Å². The Labute approximate surface area is 126 Å². The van der Waals surface area contributed by atoms with E-state index >= 15 is 0 Å². The van der Waals surface area contributed by atoms with Crippen molar-refractivity contribution in [3.8, 4) is 0 Å². The molecule has 0 unspecified atom stereocenters. The minimum atomic E-state index is -0.125. The molecular formula is C14H14ClN3OS. The van der Waals surface area contributed by atoms with Crippen molar-refractivity contribution < 1.29 is 4.79 Å². The zero-order valence-corrected chi connectivity index (χ0v) is 12.5. The zero-order valence-electron chi connectivity index (χ0n) is 10.9. The highest BCUT2D eigenvalue weighted by atomic mass is 35.5. The van der Waals surface area contributed by atoms with Crippen molar-refractivity contribution in [2.24, 2.45) is 0 Å². The minimum Gasteiger partial charge on any atom is -0.398 e. The lowest BCUT2D eigenvalue weighted by Crippen LogP contribution is -2.22. The van der Waals surface area contributed by atoms with Gasteiger partial charge in [-0.3, -0.25) is 4.79 Å². The summed E-state index contributed by atoms with van der Waals surface area (Å²) in [5.41, 5.74) is 7.08. The van der Waals surface area contributed by atoms with E-state index in [1.165, 1.54) is 11.8 Å². The number of pyridine rings is 1. The van der Waals surface area contributed by atoms with Gasteiger partial charge in [0.2, 0.25) is 0 Å². The van der Waals surface area contributed by atoms with Crippen LogP contribution in [0.5, 0.6) is 0 Å². The molecular weight excluding hydrogens is 294 g/mol. The number of amides is 1. The Hall–Kier alpha value is -1.72. The van der Waals surface area contributed by atoms with E-state index in [1.54, 1.807) is 24.4 Å². The number of benzene rings is 1. The number of carbonyl (C=O) groups is 1. The van der Waals surface area contributed by atoms with Crippen LogP contribution in [0.25, 0.3) is 0 Å². The number of nitrogens with zero attached hydrogens (tertiary/aromatic N) is 1. The van der Waals surface area contributed by atoms with Crippen molar-refractivity contribution in [3.63, 3.8) is 0 Å². The Morgan fingerprint density at radius 2 is 2.20 bits per heavy atom. The molecule has 0 aliphatic carbocycles. The second kappa shape index (κ2) is 6.63. The van der Waals surface area contributed by atoms with Crippen LogP contribution in [0.4, 0.5) is 5.69 Å². The van der Waals surface area contributed by atoms with Crippen molar-refractivity contribution in [2.75, 3.05) is 12.3 Å². The van der Waals surface area contributed by atoms with Crippen LogP contribution in [0.1, 0.15) is 17.3 Å². The molecule has 1 amide bonds. The average Bonchev–Trinajstić information content (AvgIpc) is 2.43. The van der Waals surface area contributed by atoms with Crippen molar-refractivity contribution in [3.05, 3.63) is 47.1 Å². The summed E-state index contributed by atoms with van der Waals surface area (Å²) in [7, 11) is 0. The molecule has 6 heteroatoms. The van der Waals surface area contributed by atoms with E-state index in [-0.39, 0.29) is 5.91 Å². The van der Waals surface area contributed by atoms with Crippen LogP contribution in [-0.4, -0.2) is 17.4 Å². The predicted molar refractivity (Wildman–Crippen MR) is 82.2 cm³/mol. The molecule has 0 spiro atoms. The standard InChI is InChI=1S/C14H14ClN3OS/c1-2-17-14(19)9-3-5-12(11(16)7-9)20-13-6-4-10(15)8-18-13/h3-8H,2,16H2,1H3,(H,17,19). The third kappa shape index (κ3) is 3.65. The molecule has 2 aromatic rings. The van der Waals surface area contributed by atoms with Crippen LogP contribution in [0.3, 0.4) is 0 Å². The minimum absolute atomic E-state index is 0.125. The highest BCUT2D eigenvalue weighted by molar-refractivity contribution is 7.99. The fourth-order valence-electron chi connectivity index (χ4n) is 1.58. The summed E-state index contributed by atoms with van der Waals surface area (Å²) in [5.74, 6) is -0.125. The van der Waals surface area contributed by atoms with Gasteiger partial charge < -0.3 is 11.1 Å². The fraction of sp³-hybridized carbons (Fsp3) is 0.143. The quantitative estimate of drug-likeness (QED) is 0.851. The van der Waals surface area contributed by atoms with Gasteiger partial charge in [0.25, 0.3) is 5.91 Å². The summed E-state index contributed by atoms with van der Waals surface area (Å²) in [6.07, 6.45) is 1.59. The van der Waals surface area contributed by atoms with Gasteiger partial charge in [0, 0.05) is 28.9 Å². The molecule has 0 saturated heterocycles. The maximum Gasteiger partial charge on any atom is 0.251 e. The monoisotopic (exact) mass is 307 g/mol. The van der Waals surface area contributed by atoms with E-state index in [9.17, 15) is 4.79 Å². The zero-order chi connectivity index (χ0) is 14.5. The molecule has 0 saturated carbocycles. The second-order valence-electron chi connectivity index (χ2n) is 4.03. The summed E-state index contributed by atoms with van der Waals surface area (Å²) in [6.45, 7) is 2.46. The van der Waals surface area contributed by atoms with Gasteiger partial charge in [0.15, 0.2) is 0 Å². The van der Waals surface area contributed by atoms with Gasteiger partial charge in [-0.15, -0.1) is 0 Å². The van der Waals surface area contributed by atoms with Gasteiger partial charge in [-0.25, -0.2) is 4.98 Å². The molecule has 0 fully saturated rings. The van der Waals surface area contributed by atoms with Gasteiger partial charge in [-0.05, 0) is 37.3 Å². The van der Waals surface area contributed by atoms with Crippen molar-refractivity contribution in [1.82, 2.24) is 10.3 Å². The molecule has 0 aliphatic rings. The lowest BCUT2D eigenvalue weighted by molar-refractivity contribution is 0.0956. The lowest BCUT2D eigenvalue weighted by Gasteiger charge is -2.07. The molecule has 3 N–H and O–H groups in total. The number of aromatic nitrogens is 1. The topological polar surface area (TPSA) is 68.0 Å². The molecule has 0 atom stereocenters. The average molecular weight is 308 g/mol. The predicted octanol–water partition coefficient (Wildman–Crippen LogP) is 3.22. The summed E-state index contributed by atoms with van der Waals surface area (Å²) in [5, 5.41) is 4.13. The van der Waals surface area contributed by atoms with E-state index in [4.69, 9.17) is 17.3 Å². The first kappa shape index (κ1) is 14.7. The van der Waals surface area contributed by atoms with Crippen LogP contribution >= 0.6 is 23.4 Å². The number of halogens is 1. The molecule has 104 valence electrons. The number of hydrogen-bond acceptors (Lipinski definition) is 4. The van der Waals surface area contributed by atoms with Gasteiger partial charge in [-0.2, -0.15) is 0 Å². The molecule has 1 aromatic carbocycles. The normalized spacial score (nSPS) is 10.3. The summed E-state index contributed by atoms with van der Waals surface area (Å²) in [4.78, 5) is 16.8. The van der Waals surface area contributed by atoms with Crippen molar-refractivity contribution in [2.45, 2.75) is 16.8 Å². The van der Waals surface area contributed by atoms with Crippen molar-refractivity contribution in [1.29, 1.82) is 0 Å². The number of carbonyl (C=O) groups excluding carboxylic acids is 1. The maximum atomic E-state index is 11.7. The first-order valence-electron chi connectivity index (χ1n) is 6.07. The number of hydrogen-bond donors (Lipinski definition) is 2. The number of rotatable bonds is 4. The second-order valence-corrected chi connectivity index (χ2v) is 5.53. The largest absolute Gasteiger partial charge is 0.398 e. The Kier molecular flexibility index (Phi) is 4.87. The highest BCUT2D eigenvalue weighted by Gasteiger charge is 2.08. The number of anilines is 1. The number of nitrogens with two attached hydrogens (primary N) is 1. The fourth-order valence-corrected chi connectivity index (χ4v) is 2.47. The Bertz CT molecular complexity index is 616. The number of nitrogen functional groups attached to an aromatic ring is 1. The Morgan fingerprint density at radius 3 is 2.80 bits per heavy atom.